The second-order valence-corrected chi connectivity index (χ2v) is 6.33. The fraction of sp³-hybridized carbons (Fsp3) is 0.100. The largest absolute Gasteiger partial charge is 0.359 e. The van der Waals surface area contributed by atoms with Gasteiger partial charge in [0.1, 0.15) is 0 Å². The van der Waals surface area contributed by atoms with Crippen molar-refractivity contribution in [2.24, 2.45) is 0 Å². The fourth-order valence-electron chi connectivity index (χ4n) is 2.81. The minimum absolute atomic E-state index is 0.229. The summed E-state index contributed by atoms with van der Waals surface area (Å²) >= 11 is 5.77. The zero-order chi connectivity index (χ0) is 18.0. The molecule has 0 atom stereocenters. The molecule has 1 aliphatic rings. The monoisotopic (exact) mass is 352 g/mol. The number of carbonyl (C=O) groups is 2. The van der Waals surface area contributed by atoms with Crippen molar-refractivity contribution in [3.05, 3.63) is 88.6 Å². The zero-order valence-corrected chi connectivity index (χ0v) is 14.5. The Morgan fingerprint density at radius 1 is 1.12 bits per heavy atom. The number of nitrogens with zero attached hydrogens (tertiary/aromatic N) is 1. The van der Waals surface area contributed by atoms with Crippen LogP contribution in [0.15, 0.2) is 71.9 Å². The van der Waals surface area contributed by atoms with E-state index in [-0.39, 0.29) is 18.4 Å². The summed E-state index contributed by atoms with van der Waals surface area (Å²) in [5.74, 6) is -0.512. The Hall–Kier alpha value is -2.85. The summed E-state index contributed by atoms with van der Waals surface area (Å²) < 4.78 is 0. The quantitative estimate of drug-likeness (QED) is 0.634. The average Bonchev–Trinajstić information content (AvgIpc) is 2.80. The number of imide groups is 1. The number of amides is 2. The highest BCUT2D eigenvalue weighted by Gasteiger charge is 2.34. The van der Waals surface area contributed by atoms with Gasteiger partial charge < -0.3 is 5.32 Å². The lowest BCUT2D eigenvalue weighted by Gasteiger charge is -2.15. The van der Waals surface area contributed by atoms with Crippen molar-refractivity contribution in [3.63, 3.8) is 0 Å². The highest BCUT2D eigenvalue weighted by atomic mass is 35.5. The smallest absolute Gasteiger partial charge is 0.261 e. The first-order valence-electron chi connectivity index (χ1n) is 7.79. The average molecular weight is 353 g/mol. The third kappa shape index (κ3) is 3.64. The fourth-order valence-corrected chi connectivity index (χ4v) is 2.98. The molecule has 3 rings (SSSR count). The molecule has 0 saturated heterocycles. The summed E-state index contributed by atoms with van der Waals surface area (Å²) in [7, 11) is 0. The van der Waals surface area contributed by atoms with E-state index in [4.69, 9.17) is 11.6 Å². The first-order chi connectivity index (χ1) is 12.0. The number of hydrogen-bond acceptors (Lipinski definition) is 3. The molecule has 0 fully saturated rings. The molecule has 0 radical (unpaired) electrons. The molecule has 0 aliphatic carbocycles. The number of fused-ring (bicyclic) bond motifs is 1. The second-order valence-electron chi connectivity index (χ2n) is 5.84. The van der Waals surface area contributed by atoms with Gasteiger partial charge in [-0.3, -0.25) is 14.5 Å². The van der Waals surface area contributed by atoms with E-state index in [2.05, 4.69) is 11.9 Å². The Morgan fingerprint density at radius 3 is 2.36 bits per heavy atom. The van der Waals surface area contributed by atoms with Crippen LogP contribution in [0.5, 0.6) is 0 Å². The lowest BCUT2D eigenvalue weighted by atomic mass is 10.1. The van der Waals surface area contributed by atoms with Crippen molar-refractivity contribution < 1.29 is 9.59 Å². The van der Waals surface area contributed by atoms with E-state index in [1.54, 1.807) is 30.3 Å². The minimum Gasteiger partial charge on any atom is -0.359 e. The highest BCUT2D eigenvalue weighted by molar-refractivity contribution is 6.30. The molecule has 126 valence electrons. The van der Waals surface area contributed by atoms with Gasteiger partial charge in [0.05, 0.1) is 17.7 Å². The maximum absolute atomic E-state index is 12.5. The molecule has 0 unspecified atom stereocenters. The second kappa shape index (κ2) is 6.95. The maximum atomic E-state index is 12.5. The Kier molecular flexibility index (Phi) is 4.72. The molecule has 4 nitrogen and oxygen atoms in total. The molecule has 0 bridgehead atoms. The van der Waals surface area contributed by atoms with Gasteiger partial charge in [-0.25, -0.2) is 0 Å². The van der Waals surface area contributed by atoms with Gasteiger partial charge in [0.15, 0.2) is 0 Å². The van der Waals surface area contributed by atoms with E-state index in [1.807, 2.05) is 31.2 Å². The van der Waals surface area contributed by atoms with Gasteiger partial charge in [-0.05, 0) is 42.8 Å². The zero-order valence-electron chi connectivity index (χ0n) is 13.8. The van der Waals surface area contributed by atoms with E-state index in [0.29, 0.717) is 16.2 Å². The lowest BCUT2D eigenvalue weighted by Crippen LogP contribution is -2.29. The molecule has 1 aliphatic heterocycles. The third-order valence-electron chi connectivity index (χ3n) is 3.86. The van der Waals surface area contributed by atoms with Crippen molar-refractivity contribution >= 4 is 29.1 Å². The Bertz CT molecular complexity index is 867. The highest BCUT2D eigenvalue weighted by Crippen LogP contribution is 2.25. The van der Waals surface area contributed by atoms with Crippen molar-refractivity contribution in [2.75, 3.05) is 5.32 Å². The molecule has 1 N–H and O–H groups in total. The predicted octanol–water partition coefficient (Wildman–Crippen LogP) is 4.55. The summed E-state index contributed by atoms with van der Waals surface area (Å²) in [4.78, 5) is 26.2. The van der Waals surface area contributed by atoms with Crippen LogP contribution in [-0.2, 0) is 6.54 Å². The molecule has 2 aromatic rings. The summed E-state index contributed by atoms with van der Waals surface area (Å²) in [6.07, 6.45) is 1.72. The number of nitrogens with one attached hydrogen (secondary N) is 1. The normalized spacial score (nSPS) is 13.8. The van der Waals surface area contributed by atoms with E-state index in [1.165, 1.54) is 4.90 Å². The number of halogens is 1. The molecule has 1 heterocycles. The first kappa shape index (κ1) is 17.0. The van der Waals surface area contributed by atoms with Gasteiger partial charge >= 0.3 is 0 Å². The van der Waals surface area contributed by atoms with Gasteiger partial charge in [0.2, 0.25) is 0 Å². The SMILES string of the molecule is C=C(Cl)/C=C(\C)Nc1cccc(CN2C(=O)c3ccccc3C2=O)c1. The summed E-state index contributed by atoms with van der Waals surface area (Å²) in [6.45, 7) is 5.73. The summed E-state index contributed by atoms with van der Waals surface area (Å²) in [5, 5.41) is 3.64. The van der Waals surface area contributed by atoms with Gasteiger partial charge in [-0.15, -0.1) is 0 Å². The van der Waals surface area contributed by atoms with E-state index < -0.39 is 0 Å². The Morgan fingerprint density at radius 2 is 1.76 bits per heavy atom. The molecular formula is C20H17ClN2O2. The molecule has 5 heteroatoms. The standard InChI is InChI=1S/C20H17ClN2O2/c1-13(21)10-14(2)22-16-7-5-6-15(11-16)12-23-19(24)17-8-3-4-9-18(17)20(23)25/h3-11,22H,1,12H2,2H3/b14-10+. The van der Waals surface area contributed by atoms with Crippen LogP contribution in [0.25, 0.3) is 0 Å². The van der Waals surface area contributed by atoms with Crippen LogP contribution in [-0.4, -0.2) is 16.7 Å². The molecule has 0 saturated carbocycles. The molecule has 25 heavy (non-hydrogen) atoms. The summed E-state index contributed by atoms with van der Waals surface area (Å²) in [5.41, 5.74) is 3.47. The van der Waals surface area contributed by atoms with Gasteiger partial charge in [0, 0.05) is 16.4 Å². The first-order valence-corrected chi connectivity index (χ1v) is 8.17. The van der Waals surface area contributed by atoms with E-state index in [0.717, 1.165) is 16.9 Å². The molecule has 0 spiro atoms. The molecule has 0 aromatic heterocycles. The molecular weight excluding hydrogens is 336 g/mol. The van der Waals surface area contributed by atoms with Gasteiger partial charge in [0.25, 0.3) is 11.8 Å². The van der Waals surface area contributed by atoms with Crippen LogP contribution in [0.1, 0.15) is 33.2 Å². The van der Waals surface area contributed by atoms with Crippen LogP contribution in [0.3, 0.4) is 0 Å². The predicted molar refractivity (Wildman–Crippen MR) is 99.5 cm³/mol. The van der Waals surface area contributed by atoms with Crippen LogP contribution >= 0.6 is 11.6 Å². The van der Waals surface area contributed by atoms with E-state index >= 15 is 0 Å². The lowest BCUT2D eigenvalue weighted by molar-refractivity contribution is 0.0642. The number of anilines is 1. The number of hydrogen-bond donors (Lipinski definition) is 1. The van der Waals surface area contributed by atoms with Crippen LogP contribution < -0.4 is 5.32 Å². The number of allylic oxidation sites excluding steroid dienone is 3. The molecule has 2 amide bonds. The van der Waals surface area contributed by atoms with Crippen molar-refractivity contribution in [1.82, 2.24) is 4.90 Å². The van der Waals surface area contributed by atoms with Crippen LogP contribution in [0.4, 0.5) is 5.69 Å². The summed E-state index contributed by atoms with van der Waals surface area (Å²) in [6, 6.07) is 14.4. The van der Waals surface area contributed by atoms with Crippen molar-refractivity contribution in [3.8, 4) is 0 Å². The topological polar surface area (TPSA) is 49.4 Å². The third-order valence-corrected chi connectivity index (χ3v) is 3.97. The maximum Gasteiger partial charge on any atom is 0.261 e. The van der Waals surface area contributed by atoms with Crippen molar-refractivity contribution in [1.29, 1.82) is 0 Å². The number of benzene rings is 2. The van der Waals surface area contributed by atoms with Crippen LogP contribution in [0, 0.1) is 0 Å². The van der Waals surface area contributed by atoms with Crippen molar-refractivity contribution in [2.45, 2.75) is 13.5 Å². The Balaban J connectivity index is 1.79. The number of carbonyl (C=O) groups excluding carboxylic acids is 2. The number of rotatable bonds is 5. The minimum atomic E-state index is -0.256. The van der Waals surface area contributed by atoms with Gasteiger partial charge in [-0.1, -0.05) is 42.4 Å². The van der Waals surface area contributed by atoms with Crippen LogP contribution in [0.2, 0.25) is 0 Å². The molecule has 2 aromatic carbocycles. The van der Waals surface area contributed by atoms with E-state index in [9.17, 15) is 9.59 Å². The Labute approximate surface area is 151 Å². The van der Waals surface area contributed by atoms with Gasteiger partial charge in [-0.2, -0.15) is 0 Å².